The molecule has 1 heterocycles. The van der Waals surface area contributed by atoms with E-state index in [-0.39, 0.29) is 0 Å². The molecule has 0 spiro atoms. The molecule has 2 heteroatoms. The molecular weight excluding hydrogens is 210 g/mol. The highest BCUT2D eigenvalue weighted by Crippen LogP contribution is 2.18. The topological polar surface area (TPSA) is 33.1 Å². The van der Waals surface area contributed by atoms with E-state index in [2.05, 4.69) is 18.0 Å². The van der Waals surface area contributed by atoms with Gasteiger partial charge in [0, 0.05) is 11.9 Å². The molecule has 0 amide bonds. The van der Waals surface area contributed by atoms with E-state index in [1.54, 1.807) is 6.20 Å². The van der Waals surface area contributed by atoms with Crippen molar-refractivity contribution in [3.05, 3.63) is 65.5 Å². The monoisotopic (exact) mass is 227 g/mol. The normalized spacial score (nSPS) is 12.4. The number of pyridine rings is 1. The molecular formula is C15H17NO. The molecule has 2 aromatic rings. The fraction of sp³-hybridized carbons (Fsp3) is 0.267. The van der Waals surface area contributed by atoms with Crippen LogP contribution in [0.4, 0.5) is 0 Å². The second-order valence-corrected chi connectivity index (χ2v) is 4.23. The van der Waals surface area contributed by atoms with Crippen LogP contribution in [-0.4, -0.2) is 10.1 Å². The minimum atomic E-state index is -0.405. The molecule has 1 aromatic carbocycles. The van der Waals surface area contributed by atoms with Crippen molar-refractivity contribution in [2.45, 2.75) is 25.9 Å². The number of hydrogen-bond donors (Lipinski definition) is 1. The van der Waals surface area contributed by atoms with Gasteiger partial charge in [0.05, 0.1) is 6.10 Å². The zero-order valence-electron chi connectivity index (χ0n) is 10.0. The number of nitrogens with zero attached hydrogens (tertiary/aromatic N) is 1. The molecule has 88 valence electrons. The third kappa shape index (κ3) is 3.14. The Labute approximate surface area is 102 Å². The van der Waals surface area contributed by atoms with Gasteiger partial charge in [-0.1, -0.05) is 36.4 Å². The highest BCUT2D eigenvalue weighted by molar-refractivity contribution is 5.20. The lowest BCUT2D eigenvalue weighted by Gasteiger charge is -2.11. The van der Waals surface area contributed by atoms with Gasteiger partial charge in [-0.3, -0.25) is 4.98 Å². The molecule has 1 aromatic heterocycles. The van der Waals surface area contributed by atoms with E-state index in [0.717, 1.165) is 17.7 Å². The van der Waals surface area contributed by atoms with Crippen molar-refractivity contribution >= 4 is 0 Å². The van der Waals surface area contributed by atoms with Gasteiger partial charge in [0.15, 0.2) is 0 Å². The molecule has 17 heavy (non-hydrogen) atoms. The maximum absolute atomic E-state index is 10.0. The molecule has 1 N–H and O–H groups in total. The molecule has 0 bridgehead atoms. The lowest BCUT2D eigenvalue weighted by molar-refractivity contribution is 0.167. The molecule has 2 rings (SSSR count). The third-order valence-electron chi connectivity index (χ3n) is 2.96. The summed E-state index contributed by atoms with van der Waals surface area (Å²) in [6.45, 7) is 2.05. The van der Waals surface area contributed by atoms with Gasteiger partial charge in [-0.25, -0.2) is 0 Å². The summed E-state index contributed by atoms with van der Waals surface area (Å²) < 4.78 is 0. The van der Waals surface area contributed by atoms with E-state index in [9.17, 15) is 5.11 Å². The van der Waals surface area contributed by atoms with Crippen molar-refractivity contribution in [2.24, 2.45) is 0 Å². The Morgan fingerprint density at radius 2 is 1.88 bits per heavy atom. The average Bonchev–Trinajstić information content (AvgIpc) is 2.38. The molecule has 0 saturated heterocycles. The van der Waals surface area contributed by atoms with Gasteiger partial charge in [-0.05, 0) is 37.0 Å². The van der Waals surface area contributed by atoms with Gasteiger partial charge in [0.2, 0.25) is 0 Å². The number of aryl methyl sites for hydroxylation is 2. The van der Waals surface area contributed by atoms with Gasteiger partial charge in [0.25, 0.3) is 0 Å². The van der Waals surface area contributed by atoms with E-state index in [4.69, 9.17) is 0 Å². The number of hydrogen-bond acceptors (Lipinski definition) is 2. The second kappa shape index (κ2) is 5.60. The van der Waals surface area contributed by atoms with Crippen molar-refractivity contribution in [1.82, 2.24) is 4.98 Å². The number of aliphatic hydroxyl groups excluding tert-OH is 1. The summed E-state index contributed by atoms with van der Waals surface area (Å²) in [7, 11) is 0. The van der Waals surface area contributed by atoms with Crippen molar-refractivity contribution in [3.63, 3.8) is 0 Å². The van der Waals surface area contributed by atoms with Crippen LogP contribution in [-0.2, 0) is 6.42 Å². The first-order valence-electron chi connectivity index (χ1n) is 5.91. The second-order valence-electron chi connectivity index (χ2n) is 4.23. The van der Waals surface area contributed by atoms with E-state index in [1.165, 1.54) is 5.56 Å². The Kier molecular flexibility index (Phi) is 3.89. The minimum Gasteiger partial charge on any atom is -0.388 e. The number of rotatable bonds is 4. The van der Waals surface area contributed by atoms with Crippen LogP contribution >= 0.6 is 0 Å². The smallest absolute Gasteiger partial charge is 0.0793 e. The summed E-state index contributed by atoms with van der Waals surface area (Å²) >= 11 is 0. The largest absolute Gasteiger partial charge is 0.388 e. The molecule has 0 fully saturated rings. The first-order valence-corrected chi connectivity index (χ1v) is 5.91. The van der Waals surface area contributed by atoms with Crippen LogP contribution in [0.1, 0.15) is 29.3 Å². The number of aromatic nitrogens is 1. The minimum absolute atomic E-state index is 0.405. The van der Waals surface area contributed by atoms with Crippen LogP contribution in [0.3, 0.4) is 0 Å². The van der Waals surface area contributed by atoms with E-state index < -0.39 is 6.10 Å². The summed E-state index contributed by atoms with van der Waals surface area (Å²) in [6.07, 6.45) is 2.92. The van der Waals surface area contributed by atoms with E-state index in [0.29, 0.717) is 6.42 Å². The highest BCUT2D eigenvalue weighted by Gasteiger charge is 2.08. The van der Waals surface area contributed by atoms with E-state index in [1.807, 2.05) is 36.4 Å². The van der Waals surface area contributed by atoms with Crippen molar-refractivity contribution in [3.8, 4) is 0 Å². The van der Waals surface area contributed by atoms with Crippen molar-refractivity contribution in [1.29, 1.82) is 0 Å². The van der Waals surface area contributed by atoms with Crippen LogP contribution in [0.25, 0.3) is 0 Å². The lowest BCUT2D eigenvalue weighted by atomic mass is 10.0. The van der Waals surface area contributed by atoms with E-state index >= 15 is 0 Å². The Balaban J connectivity index is 1.97. The standard InChI is InChI=1S/C15H17NO/c1-12-6-5-11-16-14(12)9-10-15(17)13-7-3-2-4-8-13/h2-8,11,15,17H,9-10H2,1H3. The fourth-order valence-electron chi connectivity index (χ4n) is 1.90. The molecule has 0 saturated carbocycles. The maximum atomic E-state index is 10.0. The predicted octanol–water partition coefficient (Wildman–Crippen LogP) is 3.06. The first kappa shape index (κ1) is 11.8. The molecule has 0 aliphatic carbocycles. The van der Waals surface area contributed by atoms with Gasteiger partial charge < -0.3 is 5.11 Å². The zero-order valence-corrected chi connectivity index (χ0v) is 10.0. The Hall–Kier alpha value is -1.67. The quantitative estimate of drug-likeness (QED) is 0.870. The Morgan fingerprint density at radius 1 is 1.12 bits per heavy atom. The van der Waals surface area contributed by atoms with Crippen molar-refractivity contribution in [2.75, 3.05) is 0 Å². The number of benzene rings is 1. The van der Waals surface area contributed by atoms with Crippen LogP contribution < -0.4 is 0 Å². The highest BCUT2D eigenvalue weighted by atomic mass is 16.3. The first-order chi connectivity index (χ1) is 8.27. The number of aliphatic hydroxyl groups is 1. The maximum Gasteiger partial charge on any atom is 0.0793 e. The SMILES string of the molecule is Cc1cccnc1CCC(O)c1ccccc1. The summed E-state index contributed by atoms with van der Waals surface area (Å²) in [5.41, 5.74) is 3.23. The molecule has 0 aliphatic rings. The molecule has 0 aliphatic heterocycles. The van der Waals surface area contributed by atoms with Crippen molar-refractivity contribution < 1.29 is 5.11 Å². The van der Waals surface area contributed by atoms with Crippen LogP contribution in [0.5, 0.6) is 0 Å². The predicted molar refractivity (Wildman–Crippen MR) is 68.7 cm³/mol. The van der Waals surface area contributed by atoms with Crippen LogP contribution in [0.15, 0.2) is 48.7 Å². The molecule has 1 unspecified atom stereocenters. The van der Waals surface area contributed by atoms with Gasteiger partial charge in [-0.15, -0.1) is 0 Å². The molecule has 1 atom stereocenters. The van der Waals surface area contributed by atoms with Gasteiger partial charge in [0.1, 0.15) is 0 Å². The lowest BCUT2D eigenvalue weighted by Crippen LogP contribution is -2.01. The summed E-state index contributed by atoms with van der Waals surface area (Å²) in [6, 6.07) is 13.8. The van der Waals surface area contributed by atoms with Crippen LogP contribution in [0.2, 0.25) is 0 Å². The summed E-state index contributed by atoms with van der Waals surface area (Å²) in [4.78, 5) is 4.33. The Morgan fingerprint density at radius 3 is 2.59 bits per heavy atom. The van der Waals surface area contributed by atoms with Crippen LogP contribution in [0, 0.1) is 6.92 Å². The zero-order chi connectivity index (χ0) is 12.1. The summed E-state index contributed by atoms with van der Waals surface area (Å²) in [5, 5.41) is 10.0. The Bertz CT molecular complexity index is 467. The average molecular weight is 227 g/mol. The summed E-state index contributed by atoms with van der Waals surface area (Å²) in [5.74, 6) is 0. The van der Waals surface area contributed by atoms with Gasteiger partial charge >= 0.3 is 0 Å². The molecule has 0 radical (unpaired) electrons. The third-order valence-corrected chi connectivity index (χ3v) is 2.96. The molecule has 2 nitrogen and oxygen atoms in total. The fourth-order valence-corrected chi connectivity index (χ4v) is 1.90. The van der Waals surface area contributed by atoms with Gasteiger partial charge in [-0.2, -0.15) is 0 Å².